The first-order valence-corrected chi connectivity index (χ1v) is 9.57. The molecule has 0 saturated heterocycles. The van der Waals surface area contributed by atoms with Crippen molar-refractivity contribution in [1.82, 2.24) is 20.0 Å². The lowest BCUT2D eigenvalue weighted by atomic mass is 10.0. The third-order valence-electron chi connectivity index (χ3n) is 5.13. The van der Waals surface area contributed by atoms with Crippen LogP contribution >= 0.6 is 11.6 Å². The quantitative estimate of drug-likeness (QED) is 0.653. The van der Waals surface area contributed by atoms with E-state index in [1.165, 1.54) is 18.3 Å². The van der Waals surface area contributed by atoms with Crippen molar-refractivity contribution in [1.29, 1.82) is 0 Å². The molecule has 1 aliphatic heterocycles. The zero-order chi connectivity index (χ0) is 21.5. The molecule has 0 aliphatic carbocycles. The maximum absolute atomic E-state index is 13.4. The number of H-pyrrole nitrogens is 1. The van der Waals surface area contributed by atoms with Gasteiger partial charge in [0.1, 0.15) is 5.02 Å². The summed E-state index contributed by atoms with van der Waals surface area (Å²) in [4.78, 5) is 13.7. The summed E-state index contributed by atoms with van der Waals surface area (Å²) in [6, 6.07) is 5.50. The Labute approximate surface area is 174 Å². The Morgan fingerprint density at radius 1 is 1.30 bits per heavy atom. The van der Waals surface area contributed by atoms with Crippen molar-refractivity contribution in [3.05, 3.63) is 68.2 Å². The molecular weight excluding hydrogens is 421 g/mol. The molecule has 30 heavy (non-hydrogen) atoms. The molecule has 3 heterocycles. The van der Waals surface area contributed by atoms with Gasteiger partial charge in [0.15, 0.2) is 5.82 Å². The van der Waals surface area contributed by atoms with E-state index in [1.807, 2.05) is 4.90 Å². The number of benzene rings is 1. The van der Waals surface area contributed by atoms with Crippen molar-refractivity contribution in [2.45, 2.75) is 25.7 Å². The van der Waals surface area contributed by atoms with Crippen molar-refractivity contribution in [2.24, 2.45) is 0 Å². The van der Waals surface area contributed by atoms with Gasteiger partial charge in [-0.15, -0.1) is 0 Å². The third kappa shape index (κ3) is 3.62. The molecule has 3 aromatic rings. The minimum absolute atomic E-state index is 0.00696. The molecule has 1 aliphatic rings. The topological polar surface area (TPSA) is 78.8 Å². The van der Waals surface area contributed by atoms with Crippen molar-refractivity contribution < 1.29 is 13.2 Å². The number of aromatic nitrogens is 4. The lowest BCUT2D eigenvalue weighted by molar-refractivity contribution is -0.138. The van der Waals surface area contributed by atoms with Crippen LogP contribution in [0.3, 0.4) is 0 Å². The molecule has 0 spiro atoms. The average molecular weight is 439 g/mol. The summed E-state index contributed by atoms with van der Waals surface area (Å²) >= 11 is 6.13. The van der Waals surface area contributed by atoms with Crippen LogP contribution in [-0.2, 0) is 25.7 Å². The second-order valence-electron chi connectivity index (χ2n) is 6.91. The molecule has 4 rings (SSSR count). The predicted molar refractivity (Wildman–Crippen MR) is 107 cm³/mol. The number of rotatable bonds is 4. The normalized spacial score (nSPS) is 14.0. The molecule has 7 nitrogen and oxygen atoms in total. The molecule has 0 radical (unpaired) electrons. The molecule has 0 amide bonds. The largest absolute Gasteiger partial charge is 0.416 e. The highest BCUT2D eigenvalue weighted by Crippen LogP contribution is 2.34. The van der Waals surface area contributed by atoms with Crippen LogP contribution in [0.5, 0.6) is 0 Å². The molecular formula is C19H18ClF3N6O. The first-order chi connectivity index (χ1) is 14.3. The van der Waals surface area contributed by atoms with E-state index < -0.39 is 17.3 Å². The Morgan fingerprint density at radius 3 is 2.80 bits per heavy atom. The van der Waals surface area contributed by atoms with Crippen LogP contribution in [0.15, 0.2) is 35.3 Å². The van der Waals surface area contributed by atoms with Crippen LogP contribution in [0.1, 0.15) is 22.4 Å². The number of aromatic amines is 1. The van der Waals surface area contributed by atoms with Crippen molar-refractivity contribution in [3.8, 4) is 0 Å². The first-order valence-electron chi connectivity index (χ1n) is 9.19. The molecule has 2 N–H and O–H groups in total. The number of nitrogens with zero attached hydrogens (tertiary/aromatic N) is 4. The number of halogens is 4. The fraction of sp³-hybridized carbons (Fsp3) is 0.316. The molecule has 11 heteroatoms. The van der Waals surface area contributed by atoms with E-state index in [2.05, 4.69) is 20.6 Å². The Morgan fingerprint density at radius 2 is 2.07 bits per heavy atom. The maximum Gasteiger partial charge on any atom is 0.416 e. The van der Waals surface area contributed by atoms with Crippen molar-refractivity contribution in [2.75, 3.05) is 23.8 Å². The highest BCUT2D eigenvalue weighted by molar-refractivity contribution is 6.33. The van der Waals surface area contributed by atoms with Gasteiger partial charge in [0, 0.05) is 37.8 Å². The van der Waals surface area contributed by atoms with E-state index in [0.29, 0.717) is 31.0 Å². The van der Waals surface area contributed by atoms with Gasteiger partial charge in [-0.3, -0.25) is 9.48 Å². The van der Waals surface area contributed by atoms with Gasteiger partial charge < -0.3 is 10.2 Å². The van der Waals surface area contributed by atoms with Crippen LogP contribution in [-0.4, -0.2) is 33.6 Å². The van der Waals surface area contributed by atoms with Gasteiger partial charge in [0.2, 0.25) is 0 Å². The Kier molecular flexibility index (Phi) is 5.19. The molecule has 0 saturated carbocycles. The summed E-state index contributed by atoms with van der Waals surface area (Å²) < 4.78 is 41.7. The molecule has 1 aromatic carbocycles. The monoisotopic (exact) mass is 438 g/mol. The molecule has 0 bridgehead atoms. The lowest BCUT2D eigenvalue weighted by Gasteiger charge is -2.29. The molecule has 158 valence electrons. The second kappa shape index (κ2) is 7.67. The average Bonchev–Trinajstić information content (AvgIpc) is 3.06. The van der Waals surface area contributed by atoms with E-state index in [9.17, 15) is 18.0 Å². The number of anilines is 2. The maximum atomic E-state index is 13.4. The van der Waals surface area contributed by atoms with Crippen LogP contribution < -0.4 is 15.8 Å². The van der Waals surface area contributed by atoms with Gasteiger partial charge >= 0.3 is 6.18 Å². The van der Waals surface area contributed by atoms with E-state index >= 15 is 0 Å². The summed E-state index contributed by atoms with van der Waals surface area (Å²) in [5, 5.41) is 13.6. The minimum atomic E-state index is -4.43. The fourth-order valence-electron chi connectivity index (χ4n) is 3.72. The van der Waals surface area contributed by atoms with Crippen molar-refractivity contribution >= 4 is 23.1 Å². The minimum Gasteiger partial charge on any atom is -0.371 e. The summed E-state index contributed by atoms with van der Waals surface area (Å²) in [6.07, 6.45) is -2.42. The summed E-state index contributed by atoms with van der Waals surface area (Å²) in [7, 11) is 1.71. The predicted octanol–water partition coefficient (Wildman–Crippen LogP) is 3.29. The highest BCUT2D eigenvalue weighted by atomic mass is 35.5. The first kappa shape index (κ1) is 20.3. The van der Waals surface area contributed by atoms with E-state index in [1.54, 1.807) is 17.8 Å². The van der Waals surface area contributed by atoms with E-state index in [0.717, 1.165) is 17.3 Å². The van der Waals surface area contributed by atoms with E-state index in [4.69, 9.17) is 11.6 Å². The Bertz CT molecular complexity index is 1140. The number of alkyl halides is 3. The van der Waals surface area contributed by atoms with Gasteiger partial charge in [-0.05, 0) is 11.6 Å². The number of nitrogens with one attached hydrogen (secondary N) is 2. The van der Waals surface area contributed by atoms with Crippen LogP contribution in [0.2, 0.25) is 5.02 Å². The zero-order valence-electron chi connectivity index (χ0n) is 15.9. The van der Waals surface area contributed by atoms with Gasteiger partial charge in [-0.25, -0.2) is 5.10 Å². The lowest BCUT2D eigenvalue weighted by Crippen LogP contribution is -2.32. The zero-order valence-corrected chi connectivity index (χ0v) is 16.7. The molecule has 2 aromatic heterocycles. The highest BCUT2D eigenvalue weighted by Gasteiger charge is 2.34. The summed E-state index contributed by atoms with van der Waals surface area (Å²) in [6.45, 7) is 0.928. The van der Waals surface area contributed by atoms with Gasteiger partial charge in [-0.2, -0.15) is 23.4 Å². The van der Waals surface area contributed by atoms with Crippen molar-refractivity contribution in [3.63, 3.8) is 0 Å². The van der Waals surface area contributed by atoms with Gasteiger partial charge in [-0.1, -0.05) is 29.8 Å². The van der Waals surface area contributed by atoms with Gasteiger partial charge in [0.05, 0.1) is 24.0 Å². The molecule has 0 atom stereocenters. The Hall–Kier alpha value is -3.01. The molecule has 0 unspecified atom stereocenters. The third-order valence-corrected chi connectivity index (χ3v) is 5.50. The number of hydrogen-bond acceptors (Lipinski definition) is 5. The van der Waals surface area contributed by atoms with E-state index in [-0.39, 0.29) is 17.1 Å². The Balaban J connectivity index is 1.69. The van der Waals surface area contributed by atoms with Gasteiger partial charge in [0.25, 0.3) is 5.56 Å². The number of fused-ring (bicyclic) bond motifs is 1. The number of hydrogen-bond donors (Lipinski definition) is 2. The van der Waals surface area contributed by atoms with Crippen LogP contribution in [0.25, 0.3) is 0 Å². The summed E-state index contributed by atoms with van der Waals surface area (Å²) in [5.41, 5.74) is 1.21. The second-order valence-corrected chi connectivity index (χ2v) is 7.28. The standard InChI is InChI=1S/C19H18ClF3N6O/c1-24-17-12-10-28(15-8-25-26-18(30)16(15)20)7-6-14(12)29(27-17)9-11-4-2-3-5-13(11)19(21,22)23/h2-5,8H,6-7,9-10H2,1H3,(H,24,27)(H,26,30). The fourth-order valence-corrected chi connectivity index (χ4v) is 3.93. The SMILES string of the molecule is CNc1nn(Cc2ccccc2C(F)(F)F)c2c1CN(c1cn[nH]c(=O)c1Cl)CC2. The smallest absolute Gasteiger partial charge is 0.371 e. The molecule has 0 fully saturated rings. The van der Waals surface area contributed by atoms with Crippen LogP contribution in [0, 0.1) is 0 Å². The van der Waals surface area contributed by atoms with Crippen LogP contribution in [0.4, 0.5) is 24.7 Å². The summed E-state index contributed by atoms with van der Waals surface area (Å²) in [5.74, 6) is 0.577.